The lowest BCUT2D eigenvalue weighted by Gasteiger charge is -2.09. The fourth-order valence-electron chi connectivity index (χ4n) is 3.36. The van der Waals surface area contributed by atoms with Gasteiger partial charge in [0.25, 0.3) is 5.91 Å². The lowest BCUT2D eigenvalue weighted by Crippen LogP contribution is -2.22. The molecule has 7 nitrogen and oxygen atoms in total. The van der Waals surface area contributed by atoms with Gasteiger partial charge in [0.15, 0.2) is 17.3 Å². The molecule has 33 heavy (non-hydrogen) atoms. The lowest BCUT2D eigenvalue weighted by atomic mass is 10.1. The van der Waals surface area contributed by atoms with Gasteiger partial charge in [-0.25, -0.2) is 4.39 Å². The molecule has 1 aliphatic rings. The Kier molecular flexibility index (Phi) is 5.55. The number of amides is 1. The van der Waals surface area contributed by atoms with Gasteiger partial charge in [-0.1, -0.05) is 6.07 Å². The Morgan fingerprint density at radius 3 is 2.42 bits per heavy atom. The first-order valence-corrected chi connectivity index (χ1v) is 10.3. The number of carbonyl (C=O) groups is 1. The maximum atomic E-state index is 13.1. The van der Waals surface area contributed by atoms with Crippen molar-refractivity contribution in [1.82, 2.24) is 15.5 Å². The number of hydrogen-bond acceptors (Lipinski definition) is 6. The zero-order valence-corrected chi connectivity index (χ0v) is 17.4. The molecule has 3 aromatic carbocycles. The number of benzene rings is 3. The van der Waals surface area contributed by atoms with Crippen LogP contribution >= 0.6 is 0 Å². The number of nitrogens with zero attached hydrogens (tertiary/aromatic N) is 2. The van der Waals surface area contributed by atoms with Crippen LogP contribution in [0.25, 0.3) is 11.3 Å². The summed E-state index contributed by atoms with van der Waals surface area (Å²) >= 11 is 0. The second-order valence-electron chi connectivity index (χ2n) is 7.38. The van der Waals surface area contributed by atoms with Gasteiger partial charge in [-0.3, -0.25) is 4.79 Å². The van der Waals surface area contributed by atoms with E-state index in [4.69, 9.17) is 9.47 Å². The predicted molar refractivity (Wildman–Crippen MR) is 121 cm³/mol. The molecule has 1 aliphatic heterocycles. The maximum Gasteiger partial charge on any atom is 0.251 e. The summed E-state index contributed by atoms with van der Waals surface area (Å²) in [4.78, 5) is 12.5. The quantitative estimate of drug-likeness (QED) is 0.451. The molecule has 164 valence electrons. The van der Waals surface area contributed by atoms with E-state index >= 15 is 0 Å². The molecule has 2 heterocycles. The van der Waals surface area contributed by atoms with Crippen LogP contribution in [0.3, 0.4) is 0 Å². The van der Waals surface area contributed by atoms with Crippen LogP contribution in [0.4, 0.5) is 15.9 Å². The molecule has 0 aliphatic carbocycles. The van der Waals surface area contributed by atoms with Gasteiger partial charge in [-0.05, 0) is 78.4 Å². The van der Waals surface area contributed by atoms with Crippen molar-refractivity contribution in [3.05, 3.63) is 95.8 Å². The van der Waals surface area contributed by atoms with E-state index in [0.717, 1.165) is 16.8 Å². The van der Waals surface area contributed by atoms with E-state index in [-0.39, 0.29) is 18.5 Å². The fourth-order valence-corrected chi connectivity index (χ4v) is 3.36. The number of carbonyl (C=O) groups excluding carboxylic acids is 1. The summed E-state index contributed by atoms with van der Waals surface area (Å²) in [6, 6.07) is 22.3. The van der Waals surface area contributed by atoms with Gasteiger partial charge in [0.2, 0.25) is 6.79 Å². The molecule has 2 N–H and O–H groups in total. The van der Waals surface area contributed by atoms with Gasteiger partial charge in [-0.2, -0.15) is 0 Å². The molecule has 5 rings (SSSR count). The number of rotatable bonds is 6. The van der Waals surface area contributed by atoms with Gasteiger partial charge < -0.3 is 20.1 Å². The number of fused-ring (bicyclic) bond motifs is 1. The molecule has 0 unspecified atom stereocenters. The van der Waals surface area contributed by atoms with Crippen LogP contribution in [0, 0.1) is 5.82 Å². The monoisotopic (exact) mass is 442 g/mol. The van der Waals surface area contributed by atoms with E-state index in [0.29, 0.717) is 35.1 Å². The molecular weight excluding hydrogens is 423 g/mol. The zero-order chi connectivity index (χ0) is 22.6. The number of ether oxygens (including phenoxy) is 2. The van der Waals surface area contributed by atoms with E-state index in [1.165, 1.54) is 12.1 Å². The molecule has 8 heteroatoms. The van der Waals surface area contributed by atoms with E-state index < -0.39 is 0 Å². The predicted octanol–water partition coefficient (Wildman–Crippen LogP) is 4.69. The van der Waals surface area contributed by atoms with E-state index in [1.54, 1.807) is 48.5 Å². The topological polar surface area (TPSA) is 85.4 Å². The Morgan fingerprint density at radius 2 is 1.67 bits per heavy atom. The third kappa shape index (κ3) is 4.74. The smallest absolute Gasteiger partial charge is 0.251 e. The van der Waals surface area contributed by atoms with Gasteiger partial charge in [0, 0.05) is 23.4 Å². The number of nitrogens with one attached hydrogen (secondary N) is 2. The summed E-state index contributed by atoms with van der Waals surface area (Å²) in [6.07, 6.45) is 0. The molecule has 0 radical (unpaired) electrons. The minimum absolute atomic E-state index is 0.178. The van der Waals surface area contributed by atoms with Crippen LogP contribution in [0.1, 0.15) is 15.9 Å². The van der Waals surface area contributed by atoms with Crippen LogP contribution in [-0.2, 0) is 6.54 Å². The molecule has 0 atom stereocenters. The average Bonchev–Trinajstić information content (AvgIpc) is 3.32. The van der Waals surface area contributed by atoms with Crippen LogP contribution < -0.4 is 20.1 Å². The highest BCUT2D eigenvalue weighted by Crippen LogP contribution is 2.32. The van der Waals surface area contributed by atoms with E-state index in [9.17, 15) is 9.18 Å². The van der Waals surface area contributed by atoms with Crippen molar-refractivity contribution in [2.24, 2.45) is 0 Å². The maximum absolute atomic E-state index is 13.1. The van der Waals surface area contributed by atoms with Crippen molar-refractivity contribution >= 4 is 17.4 Å². The van der Waals surface area contributed by atoms with Crippen molar-refractivity contribution in [1.29, 1.82) is 0 Å². The first-order valence-electron chi connectivity index (χ1n) is 10.3. The first kappa shape index (κ1) is 20.4. The molecule has 0 fully saturated rings. The standard InChI is InChI=1S/C25H19FN4O3/c26-19-6-2-17(3-7-19)21-10-12-24(30-29-21)28-20-8-4-18(5-9-20)25(31)27-14-16-1-11-22-23(13-16)33-15-32-22/h1-13H,14-15H2,(H,27,31)(H,28,30). The zero-order valence-electron chi connectivity index (χ0n) is 17.4. The Balaban J connectivity index is 1.18. The van der Waals surface area contributed by atoms with Crippen LogP contribution in [0.2, 0.25) is 0 Å². The Bertz CT molecular complexity index is 1280. The van der Waals surface area contributed by atoms with Gasteiger partial charge in [0.1, 0.15) is 5.82 Å². The van der Waals surface area contributed by atoms with Crippen molar-refractivity contribution in [3.8, 4) is 22.8 Å². The SMILES string of the molecule is O=C(NCc1ccc2c(c1)OCO2)c1ccc(Nc2ccc(-c3ccc(F)cc3)nn2)cc1. The van der Waals surface area contributed by atoms with Crippen LogP contribution in [0.5, 0.6) is 11.5 Å². The third-order valence-corrected chi connectivity index (χ3v) is 5.11. The van der Waals surface area contributed by atoms with Crippen molar-refractivity contribution in [2.75, 3.05) is 12.1 Å². The van der Waals surface area contributed by atoms with Crippen molar-refractivity contribution in [2.45, 2.75) is 6.54 Å². The third-order valence-electron chi connectivity index (χ3n) is 5.11. The van der Waals surface area contributed by atoms with E-state index in [2.05, 4.69) is 20.8 Å². The summed E-state index contributed by atoms with van der Waals surface area (Å²) < 4.78 is 23.7. The highest BCUT2D eigenvalue weighted by Gasteiger charge is 2.13. The molecule has 0 bridgehead atoms. The Hall–Kier alpha value is -4.46. The van der Waals surface area contributed by atoms with Crippen LogP contribution in [-0.4, -0.2) is 22.9 Å². The molecule has 0 saturated carbocycles. The lowest BCUT2D eigenvalue weighted by molar-refractivity contribution is 0.0951. The Labute approximate surface area is 189 Å². The average molecular weight is 442 g/mol. The summed E-state index contributed by atoms with van der Waals surface area (Å²) in [7, 11) is 0. The number of anilines is 2. The van der Waals surface area contributed by atoms with Crippen molar-refractivity contribution in [3.63, 3.8) is 0 Å². The van der Waals surface area contributed by atoms with Gasteiger partial charge >= 0.3 is 0 Å². The van der Waals surface area contributed by atoms with Crippen molar-refractivity contribution < 1.29 is 18.7 Å². The van der Waals surface area contributed by atoms with Gasteiger partial charge in [-0.15, -0.1) is 10.2 Å². The number of hydrogen-bond donors (Lipinski definition) is 2. The number of aromatic nitrogens is 2. The first-order chi connectivity index (χ1) is 16.1. The molecule has 1 amide bonds. The highest BCUT2D eigenvalue weighted by molar-refractivity contribution is 5.94. The summed E-state index contributed by atoms with van der Waals surface area (Å²) in [5.41, 5.74) is 3.67. The number of halogens is 1. The molecule has 1 aromatic heterocycles. The fraction of sp³-hybridized carbons (Fsp3) is 0.0800. The Morgan fingerprint density at radius 1 is 0.879 bits per heavy atom. The van der Waals surface area contributed by atoms with Gasteiger partial charge in [0.05, 0.1) is 5.69 Å². The van der Waals surface area contributed by atoms with E-state index in [1.807, 2.05) is 18.2 Å². The second-order valence-corrected chi connectivity index (χ2v) is 7.38. The minimum atomic E-state index is -0.296. The summed E-state index contributed by atoms with van der Waals surface area (Å²) in [5, 5.41) is 14.4. The highest BCUT2D eigenvalue weighted by atomic mass is 19.1. The molecular formula is C25H19FN4O3. The molecule has 4 aromatic rings. The second kappa shape index (κ2) is 8.96. The molecule has 0 spiro atoms. The summed E-state index contributed by atoms with van der Waals surface area (Å²) in [5.74, 6) is 1.48. The normalized spacial score (nSPS) is 11.8. The van der Waals surface area contributed by atoms with Crippen LogP contribution in [0.15, 0.2) is 78.9 Å². The molecule has 0 saturated heterocycles. The summed E-state index contributed by atoms with van der Waals surface area (Å²) in [6.45, 7) is 0.598. The minimum Gasteiger partial charge on any atom is -0.454 e. The largest absolute Gasteiger partial charge is 0.454 e.